The van der Waals surface area contributed by atoms with Crippen LogP contribution in [0.25, 0.3) is 6.08 Å². The van der Waals surface area contributed by atoms with E-state index in [9.17, 15) is 9.59 Å². The van der Waals surface area contributed by atoms with Crippen molar-refractivity contribution in [1.29, 1.82) is 0 Å². The van der Waals surface area contributed by atoms with Gasteiger partial charge >= 0.3 is 0 Å². The maximum Gasteiger partial charge on any atom is 0.282 e. The number of nitrogens with zero attached hydrogens (tertiary/aromatic N) is 1. The Balaban J connectivity index is 1.92. The highest BCUT2D eigenvalue weighted by molar-refractivity contribution is 14.1. The number of hydrogen-bond donors (Lipinski definition) is 1. The molecule has 0 bridgehead atoms. The van der Waals surface area contributed by atoms with Crippen molar-refractivity contribution in [2.24, 2.45) is 0 Å². The summed E-state index contributed by atoms with van der Waals surface area (Å²) >= 11 is 2.18. The molecule has 0 saturated carbocycles. The van der Waals surface area contributed by atoms with Gasteiger partial charge in [0.05, 0.1) is 5.69 Å². The maximum absolute atomic E-state index is 12.3. The van der Waals surface area contributed by atoms with Crippen molar-refractivity contribution >= 4 is 46.2 Å². The third kappa shape index (κ3) is 2.71. The molecular weight excluding hydrogens is 383 g/mol. The van der Waals surface area contributed by atoms with Crippen molar-refractivity contribution in [1.82, 2.24) is 5.43 Å². The molecule has 1 aromatic heterocycles. The molecule has 1 aliphatic rings. The van der Waals surface area contributed by atoms with Crippen molar-refractivity contribution < 1.29 is 14.0 Å². The summed E-state index contributed by atoms with van der Waals surface area (Å²) in [6, 6.07) is 10.8. The van der Waals surface area contributed by atoms with E-state index in [0.29, 0.717) is 11.4 Å². The van der Waals surface area contributed by atoms with Crippen LogP contribution < -0.4 is 10.4 Å². The number of aryl methyl sites for hydroxylation is 1. The van der Waals surface area contributed by atoms with E-state index in [1.54, 1.807) is 31.2 Å². The van der Waals surface area contributed by atoms with Crippen LogP contribution in [0.15, 0.2) is 46.4 Å². The van der Waals surface area contributed by atoms with Gasteiger partial charge in [-0.2, -0.15) is 0 Å². The largest absolute Gasteiger partial charge is 0.462 e. The highest BCUT2D eigenvalue weighted by Gasteiger charge is 2.34. The van der Waals surface area contributed by atoms with Crippen LogP contribution >= 0.6 is 22.6 Å². The molecular formula is C15H11IN2O3. The average molecular weight is 394 g/mol. The third-order valence-corrected chi connectivity index (χ3v) is 3.74. The van der Waals surface area contributed by atoms with Gasteiger partial charge in [0, 0.05) is 3.57 Å². The number of carbonyl (C=O) groups excluding carboxylic acids is 2. The van der Waals surface area contributed by atoms with Gasteiger partial charge in [-0.05, 0) is 72.0 Å². The lowest BCUT2D eigenvalue weighted by Crippen LogP contribution is -2.35. The van der Waals surface area contributed by atoms with Crippen LogP contribution in [0.1, 0.15) is 11.5 Å². The number of furan rings is 1. The summed E-state index contributed by atoms with van der Waals surface area (Å²) < 4.78 is 6.42. The van der Waals surface area contributed by atoms with Crippen molar-refractivity contribution in [3.63, 3.8) is 0 Å². The summed E-state index contributed by atoms with van der Waals surface area (Å²) in [7, 11) is 0. The zero-order valence-corrected chi connectivity index (χ0v) is 13.2. The van der Waals surface area contributed by atoms with E-state index in [2.05, 4.69) is 28.0 Å². The Kier molecular flexibility index (Phi) is 3.54. The van der Waals surface area contributed by atoms with Crippen LogP contribution in [0.3, 0.4) is 0 Å². The van der Waals surface area contributed by atoms with Crippen molar-refractivity contribution in [2.75, 3.05) is 5.01 Å². The Labute approximate surface area is 134 Å². The molecule has 106 valence electrons. The lowest BCUT2D eigenvalue weighted by molar-refractivity contribution is -0.117. The van der Waals surface area contributed by atoms with Crippen LogP contribution in [0.5, 0.6) is 0 Å². The molecule has 1 aliphatic heterocycles. The van der Waals surface area contributed by atoms with Gasteiger partial charge in [0.1, 0.15) is 17.1 Å². The molecule has 3 rings (SSSR count). The van der Waals surface area contributed by atoms with Crippen LogP contribution in [-0.4, -0.2) is 11.8 Å². The highest BCUT2D eigenvalue weighted by Crippen LogP contribution is 2.22. The molecule has 2 amide bonds. The second-order valence-corrected chi connectivity index (χ2v) is 5.81. The summed E-state index contributed by atoms with van der Waals surface area (Å²) in [5, 5.41) is 1.24. The van der Waals surface area contributed by atoms with E-state index in [1.165, 1.54) is 11.1 Å². The number of nitrogens with one attached hydrogen (secondary N) is 1. The summed E-state index contributed by atoms with van der Waals surface area (Å²) in [4.78, 5) is 24.3. The third-order valence-electron chi connectivity index (χ3n) is 3.02. The number of halogens is 1. The SMILES string of the molecule is Cc1ccc(C=C2C(=O)NN(c3ccc(I)cc3)C2=O)o1. The van der Waals surface area contributed by atoms with Gasteiger partial charge in [0.2, 0.25) is 0 Å². The second kappa shape index (κ2) is 5.36. The van der Waals surface area contributed by atoms with Crippen LogP contribution in [-0.2, 0) is 9.59 Å². The smallest absolute Gasteiger partial charge is 0.282 e. The Morgan fingerprint density at radius 1 is 1.14 bits per heavy atom. The zero-order valence-electron chi connectivity index (χ0n) is 11.1. The molecule has 1 N–H and O–H groups in total. The molecule has 0 radical (unpaired) electrons. The number of anilines is 1. The minimum Gasteiger partial charge on any atom is -0.462 e. The molecule has 0 atom stereocenters. The predicted molar refractivity (Wildman–Crippen MR) is 86.2 cm³/mol. The van der Waals surface area contributed by atoms with E-state index in [1.807, 2.05) is 12.1 Å². The number of carbonyl (C=O) groups is 2. The first kappa shape index (κ1) is 13.9. The Morgan fingerprint density at radius 3 is 2.48 bits per heavy atom. The Hall–Kier alpha value is -2.09. The number of hydrogen-bond acceptors (Lipinski definition) is 3. The molecule has 0 spiro atoms. The van der Waals surface area contributed by atoms with E-state index >= 15 is 0 Å². The molecule has 1 fully saturated rings. The standard InChI is InChI=1S/C15H11IN2O3/c1-9-2-7-12(21-9)8-13-14(19)17-18(15(13)20)11-5-3-10(16)4-6-11/h2-8H,1H3,(H,17,19). The molecule has 21 heavy (non-hydrogen) atoms. The van der Waals surface area contributed by atoms with Gasteiger partial charge in [-0.1, -0.05) is 0 Å². The molecule has 5 nitrogen and oxygen atoms in total. The van der Waals surface area contributed by atoms with Gasteiger partial charge in [0.15, 0.2) is 0 Å². The molecule has 1 saturated heterocycles. The lowest BCUT2D eigenvalue weighted by atomic mass is 10.2. The van der Waals surface area contributed by atoms with E-state index < -0.39 is 11.8 Å². The molecule has 0 aliphatic carbocycles. The molecule has 2 aromatic rings. The summed E-state index contributed by atoms with van der Waals surface area (Å²) in [6.07, 6.45) is 1.46. The second-order valence-electron chi connectivity index (χ2n) is 4.56. The molecule has 6 heteroatoms. The van der Waals surface area contributed by atoms with Crippen LogP contribution in [0.4, 0.5) is 5.69 Å². The van der Waals surface area contributed by atoms with E-state index in [4.69, 9.17) is 4.42 Å². The van der Waals surface area contributed by atoms with Crippen LogP contribution in [0.2, 0.25) is 0 Å². The minimum atomic E-state index is -0.437. The zero-order chi connectivity index (χ0) is 15.0. The fourth-order valence-electron chi connectivity index (χ4n) is 2.00. The summed E-state index contributed by atoms with van der Waals surface area (Å²) in [6.45, 7) is 1.80. The number of benzene rings is 1. The summed E-state index contributed by atoms with van der Waals surface area (Å²) in [5.41, 5.74) is 3.23. The fourth-order valence-corrected chi connectivity index (χ4v) is 2.36. The molecule has 0 unspecified atom stereocenters. The maximum atomic E-state index is 12.3. The van der Waals surface area contributed by atoms with Crippen molar-refractivity contribution in [2.45, 2.75) is 6.92 Å². The van der Waals surface area contributed by atoms with E-state index in [-0.39, 0.29) is 5.57 Å². The normalized spacial score (nSPS) is 16.7. The average Bonchev–Trinajstić information content (AvgIpc) is 2.98. The number of amides is 2. The first-order chi connectivity index (χ1) is 10.0. The highest BCUT2D eigenvalue weighted by atomic mass is 127. The van der Waals surface area contributed by atoms with Gasteiger partial charge in [-0.25, -0.2) is 5.01 Å². The molecule has 2 heterocycles. The molecule has 1 aromatic carbocycles. The first-order valence-electron chi connectivity index (χ1n) is 6.24. The monoisotopic (exact) mass is 394 g/mol. The van der Waals surface area contributed by atoms with Gasteiger partial charge < -0.3 is 4.42 Å². The topological polar surface area (TPSA) is 62.6 Å². The van der Waals surface area contributed by atoms with Gasteiger partial charge in [-0.15, -0.1) is 0 Å². The lowest BCUT2D eigenvalue weighted by Gasteiger charge is -2.14. The van der Waals surface area contributed by atoms with Crippen molar-refractivity contribution in [3.8, 4) is 0 Å². The first-order valence-corrected chi connectivity index (χ1v) is 7.31. The van der Waals surface area contributed by atoms with Crippen LogP contribution in [0, 0.1) is 10.5 Å². The predicted octanol–water partition coefficient (Wildman–Crippen LogP) is 2.65. The quantitative estimate of drug-likeness (QED) is 0.484. The summed E-state index contributed by atoms with van der Waals surface area (Å²) in [5.74, 6) is 0.375. The fraction of sp³-hybridized carbons (Fsp3) is 0.0667. The number of hydrazine groups is 1. The minimum absolute atomic E-state index is 0.0582. The van der Waals surface area contributed by atoms with Crippen molar-refractivity contribution in [3.05, 3.63) is 57.1 Å². The number of rotatable bonds is 2. The van der Waals surface area contributed by atoms with E-state index in [0.717, 1.165) is 9.33 Å². The Morgan fingerprint density at radius 2 is 1.86 bits per heavy atom. The Bertz CT molecular complexity index is 747. The van der Waals surface area contributed by atoms with Gasteiger partial charge in [0.25, 0.3) is 11.8 Å². The van der Waals surface area contributed by atoms with Gasteiger partial charge in [-0.3, -0.25) is 15.0 Å².